The quantitative estimate of drug-likeness (QED) is 0.413. The summed E-state index contributed by atoms with van der Waals surface area (Å²) in [5.41, 5.74) is 0. The van der Waals surface area contributed by atoms with Crippen LogP contribution in [-0.2, 0) is 32.8 Å². The van der Waals surface area contributed by atoms with Gasteiger partial charge in [0.1, 0.15) is 12.8 Å². The smallest absolute Gasteiger partial charge is 0.324 e. The summed E-state index contributed by atoms with van der Waals surface area (Å²) in [5.74, 6) is -3.55. The monoisotopic (exact) mass is 334 g/mol. The summed E-state index contributed by atoms with van der Waals surface area (Å²) < 4.78 is 14.4. The first-order valence-electron chi connectivity index (χ1n) is 6.46. The summed E-state index contributed by atoms with van der Waals surface area (Å²) in [7, 11) is -4.18. The van der Waals surface area contributed by atoms with Crippen molar-refractivity contribution >= 4 is 40.5 Å². The van der Waals surface area contributed by atoms with Crippen molar-refractivity contribution in [2.24, 2.45) is 0 Å². The van der Waals surface area contributed by atoms with E-state index in [2.05, 4.69) is 4.74 Å². The van der Waals surface area contributed by atoms with Crippen LogP contribution in [0.1, 0.15) is 12.8 Å². The molecule has 0 radical (unpaired) electrons. The molecule has 0 aliphatic heterocycles. The van der Waals surface area contributed by atoms with Gasteiger partial charge in [0.15, 0.2) is 0 Å². The Kier molecular flexibility index (Phi) is 6.97. The van der Waals surface area contributed by atoms with Gasteiger partial charge in [0, 0.05) is 0 Å². The molecule has 0 aromatic heterocycles. The van der Waals surface area contributed by atoms with E-state index in [0.717, 1.165) is 0 Å². The molecule has 0 bridgehead atoms. The van der Waals surface area contributed by atoms with Crippen LogP contribution < -0.4 is 0 Å². The van der Waals surface area contributed by atoms with Crippen molar-refractivity contribution in [2.45, 2.75) is 52.1 Å². The predicted octanol–water partition coefficient (Wildman–Crippen LogP) is 1.59. The van der Waals surface area contributed by atoms with Crippen LogP contribution in [0.15, 0.2) is 0 Å². The Balaban J connectivity index is 4.19. The lowest BCUT2D eigenvalue weighted by Crippen LogP contribution is -2.32. The average molecular weight is 334 g/mol. The molecule has 0 saturated carbocycles. The van der Waals surface area contributed by atoms with Crippen LogP contribution in [-0.4, -0.2) is 40.5 Å². The standard InChI is InChI=1S/C12H22O7Si2/c1-20(2,3)18-11(15)7-9(13)17-10(14)8-12(16)19-21(4,5)6/h7-8H2,1-6H3. The molecule has 120 valence electrons. The fourth-order valence-electron chi connectivity index (χ4n) is 1.19. The zero-order valence-corrected chi connectivity index (χ0v) is 15.3. The summed E-state index contributed by atoms with van der Waals surface area (Å²) in [4.78, 5) is 45.4. The highest BCUT2D eigenvalue weighted by molar-refractivity contribution is 6.71. The summed E-state index contributed by atoms with van der Waals surface area (Å²) in [6, 6.07) is 0. The molecule has 0 N–H and O–H groups in total. The van der Waals surface area contributed by atoms with Crippen LogP contribution in [0.3, 0.4) is 0 Å². The van der Waals surface area contributed by atoms with E-state index in [9.17, 15) is 19.2 Å². The van der Waals surface area contributed by atoms with Crippen LogP contribution in [0.4, 0.5) is 0 Å². The highest BCUT2D eigenvalue weighted by Crippen LogP contribution is 2.07. The molecule has 0 aromatic rings. The number of hydrogen-bond acceptors (Lipinski definition) is 7. The number of hydrogen-bond donors (Lipinski definition) is 0. The molecule has 0 atom stereocenters. The Morgan fingerprint density at radius 2 is 0.905 bits per heavy atom. The Labute approximate surface area is 126 Å². The lowest BCUT2D eigenvalue weighted by atomic mass is 10.4. The van der Waals surface area contributed by atoms with Crippen LogP contribution >= 0.6 is 0 Å². The third kappa shape index (κ3) is 12.0. The van der Waals surface area contributed by atoms with Gasteiger partial charge in [0.25, 0.3) is 0 Å². The van der Waals surface area contributed by atoms with Gasteiger partial charge in [-0.1, -0.05) is 0 Å². The second-order valence-electron chi connectivity index (χ2n) is 6.37. The van der Waals surface area contributed by atoms with Gasteiger partial charge in [-0.2, -0.15) is 0 Å². The molecule has 0 aromatic carbocycles. The topological polar surface area (TPSA) is 96.0 Å². The molecule has 0 unspecified atom stereocenters. The van der Waals surface area contributed by atoms with Crippen molar-refractivity contribution in [3.05, 3.63) is 0 Å². The second-order valence-corrected chi connectivity index (χ2v) is 15.2. The molecule has 0 amide bonds. The van der Waals surface area contributed by atoms with Gasteiger partial charge >= 0.3 is 23.9 Å². The summed E-state index contributed by atoms with van der Waals surface area (Å²) >= 11 is 0. The van der Waals surface area contributed by atoms with E-state index in [1.165, 1.54) is 0 Å². The normalized spacial score (nSPS) is 11.5. The van der Waals surface area contributed by atoms with E-state index in [0.29, 0.717) is 0 Å². The van der Waals surface area contributed by atoms with Gasteiger partial charge in [-0.15, -0.1) is 0 Å². The Morgan fingerprint density at radius 3 is 1.14 bits per heavy atom. The van der Waals surface area contributed by atoms with E-state index in [-0.39, 0.29) is 0 Å². The third-order valence-corrected chi connectivity index (χ3v) is 3.33. The zero-order valence-electron chi connectivity index (χ0n) is 13.3. The molecule has 0 aliphatic rings. The van der Waals surface area contributed by atoms with Crippen molar-refractivity contribution in [3.8, 4) is 0 Å². The van der Waals surface area contributed by atoms with Crippen molar-refractivity contribution < 1.29 is 32.8 Å². The number of esters is 2. The van der Waals surface area contributed by atoms with Gasteiger partial charge in [0.2, 0.25) is 16.6 Å². The zero-order chi connectivity index (χ0) is 16.8. The molecule has 0 aliphatic carbocycles. The van der Waals surface area contributed by atoms with Crippen molar-refractivity contribution in [3.63, 3.8) is 0 Å². The first-order chi connectivity index (χ1) is 9.28. The first-order valence-corrected chi connectivity index (χ1v) is 13.3. The molecule has 0 spiro atoms. The second kappa shape index (κ2) is 7.50. The summed E-state index contributed by atoms with van der Waals surface area (Å²) in [5, 5.41) is 0. The fraction of sp³-hybridized carbons (Fsp3) is 0.667. The highest BCUT2D eigenvalue weighted by Gasteiger charge is 2.25. The average Bonchev–Trinajstić information content (AvgIpc) is 2.07. The minimum absolute atomic E-state index is 0.654. The van der Waals surface area contributed by atoms with Gasteiger partial charge in [0.05, 0.1) is 0 Å². The predicted molar refractivity (Wildman–Crippen MR) is 79.2 cm³/mol. The highest BCUT2D eigenvalue weighted by atomic mass is 28.4. The van der Waals surface area contributed by atoms with Gasteiger partial charge < -0.3 is 13.6 Å². The Morgan fingerprint density at radius 1 is 0.619 bits per heavy atom. The number of ether oxygens (including phenoxy) is 1. The van der Waals surface area contributed by atoms with Crippen molar-refractivity contribution in [2.75, 3.05) is 0 Å². The largest absolute Gasteiger partial charge is 0.519 e. The lowest BCUT2D eigenvalue weighted by Gasteiger charge is -2.17. The molecule has 21 heavy (non-hydrogen) atoms. The van der Waals surface area contributed by atoms with E-state index in [4.69, 9.17) is 8.85 Å². The van der Waals surface area contributed by atoms with Crippen molar-refractivity contribution in [1.29, 1.82) is 0 Å². The van der Waals surface area contributed by atoms with Crippen LogP contribution in [0.25, 0.3) is 0 Å². The Hall–Kier alpha value is -1.49. The van der Waals surface area contributed by atoms with E-state index in [1.54, 1.807) is 39.3 Å². The number of carbonyl (C=O) groups excluding carboxylic acids is 4. The molecule has 0 saturated heterocycles. The maximum Gasteiger partial charge on any atom is 0.324 e. The van der Waals surface area contributed by atoms with Crippen LogP contribution in [0, 0.1) is 0 Å². The van der Waals surface area contributed by atoms with Crippen LogP contribution in [0.2, 0.25) is 39.3 Å². The minimum atomic E-state index is -2.09. The summed E-state index contributed by atoms with van der Waals surface area (Å²) in [6.07, 6.45) is -1.31. The number of rotatable bonds is 6. The van der Waals surface area contributed by atoms with Crippen LogP contribution in [0.5, 0.6) is 0 Å². The maximum absolute atomic E-state index is 11.4. The molecule has 9 heteroatoms. The fourth-order valence-corrected chi connectivity index (χ4v) is 2.70. The molecule has 0 heterocycles. The van der Waals surface area contributed by atoms with E-state index >= 15 is 0 Å². The summed E-state index contributed by atoms with van der Waals surface area (Å²) in [6.45, 7) is 10.7. The number of carbonyl (C=O) groups is 4. The maximum atomic E-state index is 11.4. The molecular weight excluding hydrogens is 312 g/mol. The molecule has 7 nitrogen and oxygen atoms in total. The first kappa shape index (κ1) is 19.5. The minimum Gasteiger partial charge on any atom is -0.519 e. The van der Waals surface area contributed by atoms with Gasteiger partial charge in [-0.3, -0.25) is 19.2 Å². The third-order valence-electron chi connectivity index (χ3n) is 1.65. The van der Waals surface area contributed by atoms with Gasteiger partial charge in [-0.25, -0.2) is 0 Å². The van der Waals surface area contributed by atoms with Crippen molar-refractivity contribution in [1.82, 2.24) is 0 Å². The van der Waals surface area contributed by atoms with E-state index < -0.39 is 53.4 Å². The molecular formula is C12H22O7Si2. The van der Waals surface area contributed by atoms with E-state index in [1.807, 2.05) is 0 Å². The Bertz CT molecular complexity index is 392. The van der Waals surface area contributed by atoms with Gasteiger partial charge in [-0.05, 0) is 39.3 Å². The SMILES string of the molecule is C[Si](C)(C)OC(=O)CC(=O)OC(=O)CC(=O)O[Si](C)(C)C. The molecule has 0 fully saturated rings. The molecule has 0 rings (SSSR count). The lowest BCUT2D eigenvalue weighted by molar-refractivity contribution is -0.162.